The van der Waals surface area contributed by atoms with Gasteiger partial charge in [-0.15, -0.1) is 5.10 Å². The molecule has 170 valence electrons. The second-order valence-corrected chi connectivity index (χ2v) is 8.80. The van der Waals surface area contributed by atoms with Crippen LogP contribution in [0.25, 0.3) is 0 Å². The SMILES string of the molecule is CC(=O)Nc1ccn(C(=O)N2CCC3(CCCN3Cc3ccc(C)c(C(=O)O)c3)CC2)n1. The molecule has 2 aliphatic heterocycles. The summed E-state index contributed by atoms with van der Waals surface area (Å²) >= 11 is 0. The Labute approximate surface area is 187 Å². The molecule has 9 heteroatoms. The minimum Gasteiger partial charge on any atom is -0.478 e. The Morgan fingerprint density at radius 1 is 1.12 bits per heavy atom. The molecular weight excluding hydrogens is 410 g/mol. The molecule has 9 nitrogen and oxygen atoms in total. The van der Waals surface area contributed by atoms with E-state index in [9.17, 15) is 19.5 Å². The summed E-state index contributed by atoms with van der Waals surface area (Å²) in [5.41, 5.74) is 2.17. The number of carbonyl (C=O) groups is 3. The van der Waals surface area contributed by atoms with Crippen LogP contribution >= 0.6 is 0 Å². The lowest BCUT2D eigenvalue weighted by Gasteiger charge is -2.45. The number of hydrogen-bond acceptors (Lipinski definition) is 5. The standard InChI is InChI=1S/C23H29N5O4/c1-16-4-5-18(14-19(16)21(30)31)15-27-10-3-7-23(27)8-12-26(13-9-23)22(32)28-11-6-20(25-28)24-17(2)29/h4-6,11,14H,3,7-10,12-13,15H2,1-2H3,(H,30,31)(H,24,25,29). The minimum absolute atomic E-state index is 0.0382. The quantitative estimate of drug-likeness (QED) is 0.758. The van der Waals surface area contributed by atoms with E-state index in [2.05, 4.69) is 15.3 Å². The first-order chi connectivity index (χ1) is 15.3. The Kier molecular flexibility index (Phi) is 6.01. The van der Waals surface area contributed by atoms with Crippen LogP contribution < -0.4 is 5.32 Å². The van der Waals surface area contributed by atoms with Crippen molar-refractivity contribution in [2.75, 3.05) is 25.0 Å². The highest BCUT2D eigenvalue weighted by molar-refractivity contribution is 5.89. The van der Waals surface area contributed by atoms with Crippen LogP contribution in [0.4, 0.5) is 10.6 Å². The second-order valence-electron chi connectivity index (χ2n) is 8.80. The number of aryl methyl sites for hydroxylation is 1. The van der Waals surface area contributed by atoms with Gasteiger partial charge in [0.05, 0.1) is 5.56 Å². The maximum Gasteiger partial charge on any atom is 0.344 e. The monoisotopic (exact) mass is 439 g/mol. The topological polar surface area (TPSA) is 108 Å². The normalized spacial score (nSPS) is 18.1. The first-order valence-electron chi connectivity index (χ1n) is 11.0. The zero-order valence-electron chi connectivity index (χ0n) is 18.5. The van der Waals surface area contributed by atoms with Crippen LogP contribution in [-0.4, -0.2) is 67.8 Å². The highest BCUT2D eigenvalue weighted by Crippen LogP contribution is 2.39. The van der Waals surface area contributed by atoms with E-state index in [0.717, 1.165) is 43.4 Å². The Hall–Kier alpha value is -3.20. The van der Waals surface area contributed by atoms with E-state index in [1.807, 2.05) is 19.1 Å². The van der Waals surface area contributed by atoms with E-state index in [1.54, 1.807) is 23.2 Å². The van der Waals surface area contributed by atoms with Crippen LogP contribution in [0.1, 0.15) is 54.1 Å². The molecule has 0 atom stereocenters. The molecule has 0 bridgehead atoms. The van der Waals surface area contributed by atoms with Gasteiger partial charge >= 0.3 is 12.0 Å². The molecular formula is C23H29N5O4. The van der Waals surface area contributed by atoms with Gasteiger partial charge < -0.3 is 15.3 Å². The van der Waals surface area contributed by atoms with Gasteiger partial charge in [0.25, 0.3) is 0 Å². The minimum atomic E-state index is -0.896. The fraction of sp³-hybridized carbons (Fsp3) is 0.478. The summed E-state index contributed by atoms with van der Waals surface area (Å²) in [5.74, 6) is -0.763. The van der Waals surface area contributed by atoms with Crippen LogP contribution in [0.3, 0.4) is 0 Å². The molecule has 0 saturated carbocycles. The lowest BCUT2D eigenvalue weighted by atomic mass is 9.84. The summed E-state index contributed by atoms with van der Waals surface area (Å²) in [7, 11) is 0. The van der Waals surface area contributed by atoms with Crippen molar-refractivity contribution in [2.24, 2.45) is 0 Å². The van der Waals surface area contributed by atoms with Crippen LogP contribution in [-0.2, 0) is 11.3 Å². The maximum absolute atomic E-state index is 12.9. The van der Waals surface area contributed by atoms with Crippen molar-refractivity contribution in [3.63, 3.8) is 0 Å². The zero-order chi connectivity index (χ0) is 22.9. The first kappa shape index (κ1) is 22.0. The Morgan fingerprint density at radius 3 is 2.56 bits per heavy atom. The number of anilines is 1. The van der Waals surface area contributed by atoms with Gasteiger partial charge in [0, 0.05) is 44.4 Å². The molecule has 2 amide bonds. The number of carboxylic acid groups (broad SMARTS) is 1. The van der Waals surface area contributed by atoms with Crippen LogP contribution in [0, 0.1) is 6.92 Å². The summed E-state index contributed by atoms with van der Waals surface area (Å²) in [4.78, 5) is 39.8. The number of rotatable bonds is 4. The van der Waals surface area contributed by atoms with Crippen LogP contribution in [0.5, 0.6) is 0 Å². The van der Waals surface area contributed by atoms with Crippen molar-refractivity contribution in [2.45, 2.75) is 51.6 Å². The molecule has 1 aromatic carbocycles. The Balaban J connectivity index is 1.41. The number of likely N-dealkylation sites (tertiary alicyclic amines) is 2. The third-order valence-corrected chi connectivity index (χ3v) is 6.70. The summed E-state index contributed by atoms with van der Waals surface area (Å²) in [5, 5.41) is 16.2. The van der Waals surface area contributed by atoms with Gasteiger partial charge in [-0.2, -0.15) is 4.68 Å². The second kappa shape index (κ2) is 8.74. The third kappa shape index (κ3) is 4.38. The Morgan fingerprint density at radius 2 is 1.88 bits per heavy atom. The van der Waals surface area contributed by atoms with Crippen molar-refractivity contribution >= 4 is 23.7 Å². The van der Waals surface area contributed by atoms with Crippen molar-refractivity contribution in [3.05, 3.63) is 47.2 Å². The maximum atomic E-state index is 12.9. The number of piperidine rings is 1. The number of carbonyl (C=O) groups excluding carboxylic acids is 2. The predicted molar refractivity (Wildman–Crippen MR) is 119 cm³/mol. The molecule has 1 aromatic heterocycles. The van der Waals surface area contributed by atoms with Crippen LogP contribution in [0.2, 0.25) is 0 Å². The Bertz CT molecular complexity index is 1040. The zero-order valence-corrected chi connectivity index (χ0v) is 18.5. The van der Waals surface area contributed by atoms with Gasteiger partial charge in [-0.1, -0.05) is 12.1 Å². The number of nitrogens with zero attached hydrogens (tertiary/aromatic N) is 4. The van der Waals surface area contributed by atoms with Crippen molar-refractivity contribution < 1.29 is 19.5 Å². The van der Waals surface area contributed by atoms with Gasteiger partial charge in [0.2, 0.25) is 5.91 Å². The molecule has 2 fully saturated rings. The predicted octanol–water partition coefficient (Wildman–Crippen LogP) is 2.95. The van der Waals surface area contributed by atoms with Crippen molar-refractivity contribution in [3.8, 4) is 0 Å². The number of aromatic nitrogens is 2. The molecule has 2 aliphatic rings. The number of benzene rings is 1. The highest BCUT2D eigenvalue weighted by atomic mass is 16.4. The van der Waals surface area contributed by atoms with Crippen molar-refractivity contribution in [1.29, 1.82) is 0 Å². The summed E-state index contributed by atoms with van der Waals surface area (Å²) in [6.07, 6.45) is 5.50. The number of carboxylic acids is 1. The number of amides is 2. The van der Waals surface area contributed by atoms with E-state index >= 15 is 0 Å². The average molecular weight is 440 g/mol. The summed E-state index contributed by atoms with van der Waals surface area (Å²) in [6, 6.07) is 7.09. The van der Waals surface area contributed by atoms with Crippen LogP contribution in [0.15, 0.2) is 30.5 Å². The van der Waals surface area contributed by atoms with E-state index in [0.29, 0.717) is 31.0 Å². The van der Waals surface area contributed by atoms with Gasteiger partial charge in [-0.05, 0) is 56.3 Å². The lowest BCUT2D eigenvalue weighted by Crippen LogP contribution is -2.53. The summed E-state index contributed by atoms with van der Waals surface area (Å²) < 4.78 is 1.27. The smallest absolute Gasteiger partial charge is 0.344 e. The molecule has 0 unspecified atom stereocenters. The van der Waals surface area contributed by atoms with Gasteiger partial charge in [0.15, 0.2) is 5.82 Å². The molecule has 4 rings (SSSR count). The van der Waals surface area contributed by atoms with E-state index in [-0.39, 0.29) is 17.5 Å². The fourth-order valence-electron chi connectivity index (χ4n) is 4.96. The first-order valence-corrected chi connectivity index (χ1v) is 11.0. The molecule has 1 spiro atoms. The molecule has 3 heterocycles. The summed E-state index contributed by atoms with van der Waals surface area (Å²) in [6.45, 7) is 6.18. The largest absolute Gasteiger partial charge is 0.478 e. The van der Waals surface area contributed by atoms with E-state index in [1.165, 1.54) is 11.6 Å². The van der Waals surface area contributed by atoms with E-state index in [4.69, 9.17) is 0 Å². The number of hydrogen-bond donors (Lipinski definition) is 2. The van der Waals surface area contributed by atoms with E-state index < -0.39 is 5.97 Å². The molecule has 2 N–H and O–H groups in total. The molecule has 2 saturated heterocycles. The average Bonchev–Trinajstić information content (AvgIpc) is 3.36. The molecule has 0 aliphatic carbocycles. The molecule has 0 radical (unpaired) electrons. The molecule has 2 aromatic rings. The number of aromatic carboxylic acids is 1. The highest BCUT2D eigenvalue weighted by Gasteiger charge is 2.43. The van der Waals surface area contributed by atoms with Gasteiger partial charge in [-0.25, -0.2) is 9.59 Å². The third-order valence-electron chi connectivity index (χ3n) is 6.70. The van der Waals surface area contributed by atoms with Crippen molar-refractivity contribution in [1.82, 2.24) is 19.6 Å². The lowest BCUT2D eigenvalue weighted by molar-refractivity contribution is -0.114. The fourth-order valence-corrected chi connectivity index (χ4v) is 4.96. The number of nitrogens with one attached hydrogen (secondary N) is 1. The van der Waals surface area contributed by atoms with Gasteiger partial charge in [0.1, 0.15) is 0 Å². The molecule has 32 heavy (non-hydrogen) atoms. The van der Waals surface area contributed by atoms with Gasteiger partial charge in [-0.3, -0.25) is 9.69 Å².